The monoisotopic (exact) mass is 224 g/mol. The fourth-order valence-corrected chi connectivity index (χ4v) is 2.70. The number of carbonyl (C=O) groups excluding carboxylic acids is 1. The van der Waals surface area contributed by atoms with Crippen molar-refractivity contribution in [2.24, 2.45) is 11.1 Å². The highest BCUT2D eigenvalue weighted by molar-refractivity contribution is 5.77. The second-order valence-electron chi connectivity index (χ2n) is 5.92. The van der Waals surface area contributed by atoms with Gasteiger partial charge in [0.15, 0.2) is 0 Å². The van der Waals surface area contributed by atoms with Crippen molar-refractivity contribution in [3.63, 3.8) is 0 Å². The molecule has 0 aromatic heterocycles. The van der Waals surface area contributed by atoms with Crippen LogP contribution in [0.5, 0.6) is 0 Å². The van der Waals surface area contributed by atoms with E-state index in [1.54, 1.807) is 0 Å². The summed E-state index contributed by atoms with van der Waals surface area (Å²) in [6.45, 7) is 3.08. The lowest BCUT2D eigenvalue weighted by Gasteiger charge is -2.37. The van der Waals surface area contributed by atoms with Gasteiger partial charge >= 0.3 is 0 Å². The lowest BCUT2D eigenvalue weighted by Crippen LogP contribution is -2.50. The third-order valence-electron chi connectivity index (χ3n) is 4.26. The Morgan fingerprint density at radius 1 is 1.31 bits per heavy atom. The first-order chi connectivity index (χ1) is 7.58. The van der Waals surface area contributed by atoms with Gasteiger partial charge in [-0.1, -0.05) is 13.3 Å². The number of rotatable bonds is 6. The van der Waals surface area contributed by atoms with Crippen molar-refractivity contribution in [2.75, 3.05) is 6.54 Å². The molecule has 2 fully saturated rings. The fourth-order valence-electron chi connectivity index (χ4n) is 2.70. The summed E-state index contributed by atoms with van der Waals surface area (Å²) in [5, 5.41) is 3.08. The van der Waals surface area contributed by atoms with Crippen molar-refractivity contribution in [1.29, 1.82) is 0 Å². The Hall–Kier alpha value is -0.570. The van der Waals surface area contributed by atoms with Crippen LogP contribution in [0.4, 0.5) is 0 Å². The first-order valence-electron chi connectivity index (χ1n) is 6.63. The van der Waals surface area contributed by atoms with E-state index in [1.807, 2.05) is 0 Å². The van der Waals surface area contributed by atoms with Gasteiger partial charge in [0.25, 0.3) is 0 Å². The zero-order valence-corrected chi connectivity index (χ0v) is 10.3. The van der Waals surface area contributed by atoms with Crippen LogP contribution in [0.25, 0.3) is 0 Å². The Morgan fingerprint density at radius 3 is 2.44 bits per heavy atom. The Balaban J connectivity index is 1.68. The summed E-state index contributed by atoms with van der Waals surface area (Å²) in [6.07, 6.45) is 8.78. The second kappa shape index (κ2) is 4.36. The molecule has 0 atom stereocenters. The molecule has 0 aromatic rings. The third-order valence-corrected chi connectivity index (χ3v) is 4.26. The maximum atomic E-state index is 11.7. The molecular formula is C13H24N2O. The summed E-state index contributed by atoms with van der Waals surface area (Å²) >= 11 is 0. The first kappa shape index (κ1) is 11.9. The smallest absolute Gasteiger partial charge is 0.221 e. The second-order valence-corrected chi connectivity index (χ2v) is 5.92. The Morgan fingerprint density at radius 2 is 2.00 bits per heavy atom. The maximum absolute atomic E-state index is 11.7. The lowest BCUT2D eigenvalue weighted by molar-refractivity contribution is -0.123. The third kappa shape index (κ3) is 2.76. The fraction of sp³-hybridized carbons (Fsp3) is 0.923. The SMILES string of the molecule is CCCC1(CNC(=O)CC2(N)CCC2)CC1. The summed E-state index contributed by atoms with van der Waals surface area (Å²) < 4.78 is 0. The molecule has 16 heavy (non-hydrogen) atoms. The molecule has 0 aromatic carbocycles. The minimum Gasteiger partial charge on any atom is -0.355 e. The van der Waals surface area contributed by atoms with Crippen LogP contribution in [-0.4, -0.2) is 18.0 Å². The molecule has 3 N–H and O–H groups in total. The Bertz CT molecular complexity index is 267. The van der Waals surface area contributed by atoms with Gasteiger partial charge in [0.2, 0.25) is 5.91 Å². The molecule has 2 aliphatic carbocycles. The van der Waals surface area contributed by atoms with Gasteiger partial charge in [-0.15, -0.1) is 0 Å². The van der Waals surface area contributed by atoms with E-state index in [-0.39, 0.29) is 11.4 Å². The average Bonchev–Trinajstić information content (AvgIpc) is 2.94. The summed E-state index contributed by atoms with van der Waals surface area (Å²) in [7, 11) is 0. The van der Waals surface area contributed by atoms with Gasteiger partial charge in [-0.3, -0.25) is 4.79 Å². The highest BCUT2D eigenvalue weighted by atomic mass is 16.1. The van der Waals surface area contributed by atoms with E-state index >= 15 is 0 Å². The standard InChI is InChI=1S/C13H24N2O/c1-2-4-12(7-8-12)10-15-11(16)9-13(14)5-3-6-13/h2-10,14H2,1H3,(H,15,16). The van der Waals surface area contributed by atoms with E-state index in [9.17, 15) is 4.79 Å². The highest BCUT2D eigenvalue weighted by Crippen LogP contribution is 2.48. The van der Waals surface area contributed by atoms with Crippen molar-refractivity contribution in [2.45, 2.75) is 63.8 Å². The van der Waals surface area contributed by atoms with Crippen LogP contribution in [0.1, 0.15) is 58.3 Å². The lowest BCUT2D eigenvalue weighted by atomic mass is 9.75. The minimum atomic E-state index is -0.175. The molecule has 0 unspecified atom stereocenters. The molecule has 0 spiro atoms. The van der Waals surface area contributed by atoms with Crippen LogP contribution >= 0.6 is 0 Å². The molecule has 3 nitrogen and oxygen atoms in total. The average molecular weight is 224 g/mol. The summed E-state index contributed by atoms with van der Waals surface area (Å²) in [6, 6.07) is 0. The van der Waals surface area contributed by atoms with Crippen molar-refractivity contribution in [3.05, 3.63) is 0 Å². The van der Waals surface area contributed by atoms with Gasteiger partial charge in [-0.2, -0.15) is 0 Å². The van der Waals surface area contributed by atoms with E-state index < -0.39 is 0 Å². The summed E-state index contributed by atoms with van der Waals surface area (Å²) in [5.74, 6) is 0.157. The summed E-state index contributed by atoms with van der Waals surface area (Å²) in [5.41, 5.74) is 6.33. The molecule has 0 heterocycles. The predicted octanol–water partition coefficient (Wildman–Crippen LogP) is 1.95. The van der Waals surface area contributed by atoms with Gasteiger partial charge in [0.1, 0.15) is 0 Å². The van der Waals surface area contributed by atoms with Crippen LogP contribution in [0.3, 0.4) is 0 Å². The van der Waals surface area contributed by atoms with Gasteiger partial charge < -0.3 is 11.1 Å². The summed E-state index contributed by atoms with van der Waals surface area (Å²) in [4.78, 5) is 11.7. The quantitative estimate of drug-likeness (QED) is 0.724. The van der Waals surface area contributed by atoms with E-state index in [0.29, 0.717) is 11.8 Å². The molecule has 2 rings (SSSR count). The van der Waals surface area contributed by atoms with E-state index in [0.717, 1.165) is 19.4 Å². The van der Waals surface area contributed by atoms with Gasteiger partial charge in [0, 0.05) is 18.5 Å². The molecular weight excluding hydrogens is 200 g/mol. The molecule has 92 valence electrons. The van der Waals surface area contributed by atoms with E-state index in [2.05, 4.69) is 12.2 Å². The topological polar surface area (TPSA) is 55.1 Å². The number of hydrogen-bond acceptors (Lipinski definition) is 2. The van der Waals surface area contributed by atoms with Crippen LogP contribution < -0.4 is 11.1 Å². The first-order valence-corrected chi connectivity index (χ1v) is 6.63. The molecule has 2 saturated carbocycles. The number of amides is 1. The van der Waals surface area contributed by atoms with Crippen molar-refractivity contribution < 1.29 is 4.79 Å². The predicted molar refractivity (Wildman–Crippen MR) is 65.0 cm³/mol. The van der Waals surface area contributed by atoms with Crippen molar-refractivity contribution >= 4 is 5.91 Å². The van der Waals surface area contributed by atoms with Crippen LogP contribution in [0.2, 0.25) is 0 Å². The molecule has 2 aliphatic rings. The normalized spacial score (nSPS) is 24.6. The Labute approximate surface area is 98.2 Å². The zero-order valence-electron chi connectivity index (χ0n) is 10.3. The highest BCUT2D eigenvalue weighted by Gasteiger charge is 2.42. The van der Waals surface area contributed by atoms with Crippen LogP contribution in [0.15, 0.2) is 0 Å². The number of carbonyl (C=O) groups is 1. The minimum absolute atomic E-state index is 0.157. The van der Waals surface area contributed by atoms with E-state index in [4.69, 9.17) is 5.73 Å². The number of nitrogens with one attached hydrogen (secondary N) is 1. The molecule has 0 bridgehead atoms. The van der Waals surface area contributed by atoms with Crippen LogP contribution in [-0.2, 0) is 4.79 Å². The maximum Gasteiger partial charge on any atom is 0.221 e. The number of hydrogen-bond donors (Lipinski definition) is 2. The van der Waals surface area contributed by atoms with Crippen LogP contribution in [0, 0.1) is 5.41 Å². The molecule has 0 aliphatic heterocycles. The van der Waals surface area contributed by atoms with Crippen molar-refractivity contribution in [3.8, 4) is 0 Å². The largest absolute Gasteiger partial charge is 0.355 e. The molecule has 1 amide bonds. The number of nitrogens with two attached hydrogens (primary N) is 1. The molecule has 0 saturated heterocycles. The van der Waals surface area contributed by atoms with Gasteiger partial charge in [-0.05, 0) is 43.9 Å². The molecule has 0 radical (unpaired) electrons. The molecule has 3 heteroatoms. The van der Waals surface area contributed by atoms with Gasteiger partial charge in [-0.25, -0.2) is 0 Å². The Kier molecular flexibility index (Phi) is 3.24. The zero-order chi connectivity index (χ0) is 11.6. The van der Waals surface area contributed by atoms with Crippen molar-refractivity contribution in [1.82, 2.24) is 5.32 Å². The van der Waals surface area contributed by atoms with Gasteiger partial charge in [0.05, 0.1) is 0 Å². The van der Waals surface area contributed by atoms with E-state index in [1.165, 1.54) is 32.1 Å².